The van der Waals surface area contributed by atoms with Crippen LogP contribution in [0, 0.1) is 0 Å². The maximum atomic E-state index is 12.9. The molecule has 0 atom stereocenters. The average molecular weight is 487 g/mol. The normalized spacial score (nSPS) is 14.8. The Morgan fingerprint density at radius 3 is 2.12 bits per heavy atom. The van der Waals surface area contributed by atoms with Crippen molar-refractivity contribution in [2.75, 3.05) is 24.9 Å². The second-order valence-electron chi connectivity index (χ2n) is 7.88. The quantitative estimate of drug-likeness (QED) is 0.522. The zero-order valence-corrected chi connectivity index (χ0v) is 19.9. The maximum absolute atomic E-state index is 12.9. The zero-order chi connectivity index (χ0) is 23.5. The fourth-order valence-electron chi connectivity index (χ4n) is 3.88. The minimum atomic E-state index is -3.90. The fraction of sp³-hybridized carbons (Fsp3) is 0.250. The van der Waals surface area contributed by atoms with Gasteiger partial charge >= 0.3 is 0 Å². The van der Waals surface area contributed by atoms with Gasteiger partial charge < -0.3 is 4.74 Å². The molecule has 3 aromatic rings. The molecule has 0 bridgehead atoms. The monoisotopic (exact) mass is 486 g/mol. The van der Waals surface area contributed by atoms with E-state index in [4.69, 9.17) is 4.74 Å². The van der Waals surface area contributed by atoms with Crippen molar-refractivity contribution >= 4 is 25.7 Å². The van der Waals surface area contributed by atoms with E-state index in [2.05, 4.69) is 4.72 Å². The van der Waals surface area contributed by atoms with Crippen LogP contribution in [0.2, 0.25) is 0 Å². The van der Waals surface area contributed by atoms with Crippen LogP contribution in [-0.4, -0.2) is 41.3 Å². The summed E-state index contributed by atoms with van der Waals surface area (Å²) in [5.74, 6) is 0.665. The predicted molar refractivity (Wildman–Crippen MR) is 127 cm³/mol. The lowest BCUT2D eigenvalue weighted by Gasteiger charge is -2.16. The van der Waals surface area contributed by atoms with Gasteiger partial charge in [0.1, 0.15) is 5.75 Å². The summed E-state index contributed by atoms with van der Waals surface area (Å²) in [5, 5.41) is 0. The Labute approximate surface area is 195 Å². The van der Waals surface area contributed by atoms with Crippen molar-refractivity contribution in [3.05, 3.63) is 83.9 Å². The highest BCUT2D eigenvalue weighted by atomic mass is 32.2. The van der Waals surface area contributed by atoms with E-state index < -0.39 is 20.0 Å². The van der Waals surface area contributed by atoms with Crippen LogP contribution in [0.5, 0.6) is 5.75 Å². The Morgan fingerprint density at radius 2 is 1.48 bits per heavy atom. The number of rotatable bonds is 8. The number of ether oxygens (including phenoxy) is 1. The van der Waals surface area contributed by atoms with E-state index in [0.717, 1.165) is 24.0 Å². The van der Waals surface area contributed by atoms with Gasteiger partial charge in [-0.15, -0.1) is 0 Å². The second kappa shape index (κ2) is 9.54. The smallest absolute Gasteiger partial charge is 0.261 e. The molecule has 7 nitrogen and oxygen atoms in total. The largest absolute Gasteiger partial charge is 0.496 e. The lowest BCUT2D eigenvalue weighted by Crippen LogP contribution is -2.27. The van der Waals surface area contributed by atoms with E-state index in [1.54, 1.807) is 25.3 Å². The summed E-state index contributed by atoms with van der Waals surface area (Å²) in [5.41, 5.74) is 2.32. The van der Waals surface area contributed by atoms with Gasteiger partial charge in [-0.1, -0.05) is 30.3 Å². The lowest BCUT2D eigenvalue weighted by molar-refractivity contribution is 0.410. The molecule has 1 aliphatic heterocycles. The standard InChI is InChI=1S/C24H26N2O5S2/c1-31-24-14-9-21(18-20(24)17-19-7-3-2-4-8-19)25-32(27,28)22-10-12-23(13-11-22)33(29,30)26-15-5-6-16-26/h2-4,7-14,18,25H,5-6,15-17H2,1H3. The van der Waals surface area contributed by atoms with E-state index in [1.807, 2.05) is 30.3 Å². The van der Waals surface area contributed by atoms with E-state index in [1.165, 1.54) is 28.6 Å². The minimum absolute atomic E-state index is 0.0108. The molecular weight excluding hydrogens is 460 g/mol. The van der Waals surface area contributed by atoms with Crippen molar-refractivity contribution in [3.8, 4) is 5.75 Å². The number of hydrogen-bond acceptors (Lipinski definition) is 5. The topological polar surface area (TPSA) is 92.8 Å². The van der Waals surface area contributed by atoms with Crippen LogP contribution in [0.3, 0.4) is 0 Å². The average Bonchev–Trinajstić information content (AvgIpc) is 3.36. The molecule has 0 spiro atoms. The molecule has 0 aliphatic carbocycles. The molecule has 0 aromatic heterocycles. The van der Waals surface area contributed by atoms with Crippen LogP contribution in [0.1, 0.15) is 24.0 Å². The summed E-state index contributed by atoms with van der Waals surface area (Å²) in [6.07, 6.45) is 2.26. The molecule has 174 valence electrons. The Kier molecular flexibility index (Phi) is 6.73. The van der Waals surface area contributed by atoms with Gasteiger partial charge in [0.15, 0.2) is 0 Å². The van der Waals surface area contributed by atoms with Gasteiger partial charge in [0.25, 0.3) is 10.0 Å². The van der Waals surface area contributed by atoms with Crippen molar-refractivity contribution in [1.82, 2.24) is 4.31 Å². The molecule has 9 heteroatoms. The summed E-state index contributed by atoms with van der Waals surface area (Å²) in [6, 6.07) is 20.3. The first-order valence-corrected chi connectivity index (χ1v) is 13.6. The van der Waals surface area contributed by atoms with Crippen molar-refractivity contribution in [2.24, 2.45) is 0 Å². The number of benzene rings is 3. The van der Waals surface area contributed by atoms with Crippen LogP contribution in [0.25, 0.3) is 0 Å². The van der Waals surface area contributed by atoms with Gasteiger partial charge in [0.05, 0.1) is 16.9 Å². The number of nitrogens with zero attached hydrogens (tertiary/aromatic N) is 1. The van der Waals surface area contributed by atoms with Gasteiger partial charge in [-0.3, -0.25) is 4.72 Å². The highest BCUT2D eigenvalue weighted by Crippen LogP contribution is 2.27. The molecule has 3 aromatic carbocycles. The zero-order valence-electron chi connectivity index (χ0n) is 18.3. The number of anilines is 1. The van der Waals surface area contributed by atoms with Crippen LogP contribution < -0.4 is 9.46 Å². The molecule has 0 amide bonds. The van der Waals surface area contributed by atoms with Crippen molar-refractivity contribution < 1.29 is 21.6 Å². The van der Waals surface area contributed by atoms with Gasteiger partial charge in [0, 0.05) is 30.8 Å². The predicted octanol–water partition coefficient (Wildman–Crippen LogP) is 3.87. The van der Waals surface area contributed by atoms with E-state index >= 15 is 0 Å². The van der Waals surface area contributed by atoms with Gasteiger partial charge in [0.2, 0.25) is 10.0 Å². The summed E-state index contributed by atoms with van der Waals surface area (Å²) >= 11 is 0. The van der Waals surface area contributed by atoms with Crippen molar-refractivity contribution in [1.29, 1.82) is 0 Å². The molecule has 1 heterocycles. The molecule has 0 unspecified atom stereocenters. The molecular formula is C24H26N2O5S2. The fourth-order valence-corrected chi connectivity index (χ4v) is 6.44. The first-order chi connectivity index (χ1) is 15.8. The van der Waals surface area contributed by atoms with E-state index in [9.17, 15) is 16.8 Å². The van der Waals surface area contributed by atoms with Gasteiger partial charge in [-0.2, -0.15) is 4.31 Å². The SMILES string of the molecule is COc1ccc(NS(=O)(=O)c2ccc(S(=O)(=O)N3CCCC3)cc2)cc1Cc1ccccc1. The van der Waals surface area contributed by atoms with Gasteiger partial charge in [-0.05, 0) is 60.9 Å². The Morgan fingerprint density at radius 1 is 0.848 bits per heavy atom. The summed E-state index contributed by atoms with van der Waals surface area (Å²) in [4.78, 5) is 0.0845. The highest BCUT2D eigenvalue weighted by Gasteiger charge is 2.27. The van der Waals surface area contributed by atoms with Gasteiger partial charge in [-0.25, -0.2) is 16.8 Å². The van der Waals surface area contributed by atoms with Crippen LogP contribution >= 0.6 is 0 Å². The van der Waals surface area contributed by atoms with Crippen LogP contribution in [0.15, 0.2) is 82.6 Å². The second-order valence-corrected chi connectivity index (χ2v) is 11.5. The highest BCUT2D eigenvalue weighted by molar-refractivity contribution is 7.92. The first-order valence-electron chi connectivity index (χ1n) is 10.6. The first kappa shape index (κ1) is 23.3. The Bertz CT molecular complexity index is 1320. The summed E-state index contributed by atoms with van der Waals surface area (Å²) in [6.45, 7) is 0.986. The molecule has 1 saturated heterocycles. The molecule has 1 aliphatic rings. The van der Waals surface area contributed by atoms with Crippen molar-refractivity contribution in [3.63, 3.8) is 0 Å². The van der Waals surface area contributed by atoms with Crippen LogP contribution in [0.4, 0.5) is 5.69 Å². The lowest BCUT2D eigenvalue weighted by atomic mass is 10.0. The number of nitrogens with one attached hydrogen (secondary N) is 1. The number of hydrogen-bond donors (Lipinski definition) is 1. The molecule has 1 N–H and O–H groups in total. The minimum Gasteiger partial charge on any atom is -0.496 e. The van der Waals surface area contributed by atoms with E-state index in [-0.39, 0.29) is 9.79 Å². The summed E-state index contributed by atoms with van der Waals surface area (Å²) < 4.78 is 60.7. The third kappa shape index (κ3) is 5.21. The summed E-state index contributed by atoms with van der Waals surface area (Å²) in [7, 11) is -5.93. The van der Waals surface area contributed by atoms with Crippen molar-refractivity contribution in [2.45, 2.75) is 29.1 Å². The maximum Gasteiger partial charge on any atom is 0.261 e. The molecule has 33 heavy (non-hydrogen) atoms. The molecule has 0 radical (unpaired) electrons. The molecule has 4 rings (SSSR count). The number of sulfonamides is 2. The molecule has 0 saturated carbocycles. The van der Waals surface area contributed by atoms with E-state index in [0.29, 0.717) is 30.9 Å². The van der Waals surface area contributed by atoms with Crippen LogP contribution in [-0.2, 0) is 26.5 Å². The number of methoxy groups -OCH3 is 1. The third-order valence-corrected chi connectivity index (χ3v) is 8.92. The molecule has 1 fully saturated rings. The third-order valence-electron chi connectivity index (χ3n) is 5.61. The Hall–Kier alpha value is -2.88. The Balaban J connectivity index is 1.55.